The summed E-state index contributed by atoms with van der Waals surface area (Å²) < 4.78 is 16.4. The standard InChI is InChI=1S/C17H27NO3/c1-5-15-14(8-9-21-15)11-18-12(2)13-6-7-16(19-3)17(10-13)20-4/h6-7,10,12,14-15,18H,5,8-9,11H2,1-4H3. The van der Waals surface area contributed by atoms with Gasteiger partial charge < -0.3 is 19.5 Å². The fraction of sp³-hybridized carbons (Fsp3) is 0.647. The van der Waals surface area contributed by atoms with Gasteiger partial charge in [0.05, 0.1) is 20.3 Å². The Bertz CT molecular complexity index is 450. The van der Waals surface area contributed by atoms with Crippen LogP contribution < -0.4 is 14.8 Å². The van der Waals surface area contributed by atoms with Crippen LogP contribution in [0.1, 0.15) is 38.3 Å². The van der Waals surface area contributed by atoms with Crippen LogP contribution in [0.5, 0.6) is 11.5 Å². The van der Waals surface area contributed by atoms with Crippen LogP contribution in [-0.2, 0) is 4.74 Å². The molecular weight excluding hydrogens is 266 g/mol. The van der Waals surface area contributed by atoms with Crippen LogP contribution in [0.25, 0.3) is 0 Å². The lowest BCUT2D eigenvalue weighted by atomic mass is 9.98. The predicted octanol–water partition coefficient (Wildman–Crippen LogP) is 3.17. The number of ether oxygens (including phenoxy) is 3. The maximum absolute atomic E-state index is 5.74. The fourth-order valence-corrected chi connectivity index (χ4v) is 2.95. The molecule has 0 radical (unpaired) electrons. The molecule has 0 aliphatic carbocycles. The van der Waals surface area contributed by atoms with E-state index in [0.717, 1.165) is 37.5 Å². The maximum atomic E-state index is 5.74. The molecule has 21 heavy (non-hydrogen) atoms. The lowest BCUT2D eigenvalue weighted by molar-refractivity contribution is 0.0867. The minimum Gasteiger partial charge on any atom is -0.493 e. The van der Waals surface area contributed by atoms with Crippen molar-refractivity contribution in [2.45, 2.75) is 38.8 Å². The quantitative estimate of drug-likeness (QED) is 0.838. The summed E-state index contributed by atoms with van der Waals surface area (Å²) in [4.78, 5) is 0. The molecule has 1 fully saturated rings. The van der Waals surface area contributed by atoms with E-state index in [0.29, 0.717) is 12.0 Å². The van der Waals surface area contributed by atoms with Crippen molar-refractivity contribution in [3.05, 3.63) is 23.8 Å². The van der Waals surface area contributed by atoms with Gasteiger partial charge in [-0.1, -0.05) is 13.0 Å². The van der Waals surface area contributed by atoms with Gasteiger partial charge in [0.2, 0.25) is 0 Å². The molecule has 4 nitrogen and oxygen atoms in total. The van der Waals surface area contributed by atoms with Gasteiger partial charge in [-0.15, -0.1) is 0 Å². The minimum atomic E-state index is 0.280. The molecule has 118 valence electrons. The molecule has 1 saturated heterocycles. The Morgan fingerprint density at radius 2 is 2.05 bits per heavy atom. The van der Waals surface area contributed by atoms with E-state index in [1.165, 1.54) is 5.56 Å². The van der Waals surface area contributed by atoms with Crippen LogP contribution in [0.4, 0.5) is 0 Å². The highest BCUT2D eigenvalue weighted by atomic mass is 16.5. The van der Waals surface area contributed by atoms with E-state index in [1.807, 2.05) is 12.1 Å². The van der Waals surface area contributed by atoms with E-state index in [-0.39, 0.29) is 6.04 Å². The smallest absolute Gasteiger partial charge is 0.161 e. The Labute approximate surface area is 127 Å². The van der Waals surface area contributed by atoms with Crippen LogP contribution >= 0.6 is 0 Å². The van der Waals surface area contributed by atoms with Crippen LogP contribution in [0.2, 0.25) is 0 Å². The Morgan fingerprint density at radius 3 is 2.71 bits per heavy atom. The van der Waals surface area contributed by atoms with Gasteiger partial charge in [0.25, 0.3) is 0 Å². The van der Waals surface area contributed by atoms with E-state index in [2.05, 4.69) is 25.2 Å². The SMILES string of the molecule is CCC1OCCC1CNC(C)c1ccc(OC)c(OC)c1. The third kappa shape index (κ3) is 3.89. The number of rotatable bonds is 7. The number of hydrogen-bond donors (Lipinski definition) is 1. The molecule has 1 N–H and O–H groups in total. The molecule has 0 spiro atoms. The molecule has 3 atom stereocenters. The zero-order valence-corrected chi connectivity index (χ0v) is 13.5. The number of nitrogens with one attached hydrogen (secondary N) is 1. The van der Waals surface area contributed by atoms with Gasteiger partial charge in [0.1, 0.15) is 0 Å². The first-order valence-electron chi connectivity index (χ1n) is 7.76. The highest BCUT2D eigenvalue weighted by Crippen LogP contribution is 2.30. The van der Waals surface area contributed by atoms with Crippen molar-refractivity contribution < 1.29 is 14.2 Å². The largest absolute Gasteiger partial charge is 0.493 e. The molecule has 1 aromatic rings. The molecule has 1 aromatic carbocycles. The molecule has 2 rings (SSSR count). The third-order valence-electron chi connectivity index (χ3n) is 4.34. The van der Waals surface area contributed by atoms with Crippen molar-refractivity contribution in [1.29, 1.82) is 0 Å². The molecule has 0 bridgehead atoms. The van der Waals surface area contributed by atoms with Crippen molar-refractivity contribution in [3.63, 3.8) is 0 Å². The average molecular weight is 293 g/mol. The van der Waals surface area contributed by atoms with Gasteiger partial charge in [0, 0.05) is 19.2 Å². The summed E-state index contributed by atoms with van der Waals surface area (Å²) in [6.45, 7) is 6.27. The highest BCUT2D eigenvalue weighted by molar-refractivity contribution is 5.43. The first-order chi connectivity index (χ1) is 10.2. The second-order valence-electron chi connectivity index (χ2n) is 5.61. The second kappa shape index (κ2) is 7.66. The molecule has 0 aromatic heterocycles. The lowest BCUT2D eigenvalue weighted by Gasteiger charge is -2.21. The molecule has 3 unspecified atom stereocenters. The summed E-state index contributed by atoms with van der Waals surface area (Å²) in [5.74, 6) is 2.17. The lowest BCUT2D eigenvalue weighted by Crippen LogP contribution is -2.30. The molecule has 1 aliphatic rings. The monoisotopic (exact) mass is 293 g/mol. The van der Waals surface area contributed by atoms with E-state index >= 15 is 0 Å². The highest BCUT2D eigenvalue weighted by Gasteiger charge is 2.26. The maximum Gasteiger partial charge on any atom is 0.161 e. The topological polar surface area (TPSA) is 39.7 Å². The van der Waals surface area contributed by atoms with E-state index in [9.17, 15) is 0 Å². The Morgan fingerprint density at radius 1 is 1.29 bits per heavy atom. The molecule has 0 amide bonds. The van der Waals surface area contributed by atoms with Gasteiger partial charge in [-0.25, -0.2) is 0 Å². The fourth-order valence-electron chi connectivity index (χ4n) is 2.95. The van der Waals surface area contributed by atoms with Crippen LogP contribution in [-0.4, -0.2) is 33.5 Å². The summed E-state index contributed by atoms with van der Waals surface area (Å²) in [7, 11) is 3.33. The Kier molecular flexibility index (Phi) is 5.88. The molecule has 4 heteroatoms. The predicted molar refractivity (Wildman–Crippen MR) is 84.1 cm³/mol. The summed E-state index contributed by atoms with van der Waals surface area (Å²) in [6, 6.07) is 6.36. The van der Waals surface area contributed by atoms with Gasteiger partial charge in [0.15, 0.2) is 11.5 Å². The third-order valence-corrected chi connectivity index (χ3v) is 4.34. The number of benzene rings is 1. The average Bonchev–Trinajstić information content (AvgIpc) is 2.99. The summed E-state index contributed by atoms with van der Waals surface area (Å²) >= 11 is 0. The van der Waals surface area contributed by atoms with Gasteiger partial charge in [-0.05, 0) is 43.4 Å². The Balaban J connectivity index is 1.95. The van der Waals surface area contributed by atoms with Gasteiger partial charge >= 0.3 is 0 Å². The summed E-state index contributed by atoms with van der Waals surface area (Å²) in [6.07, 6.45) is 2.66. The van der Waals surface area contributed by atoms with Crippen LogP contribution in [0, 0.1) is 5.92 Å². The van der Waals surface area contributed by atoms with E-state index in [1.54, 1.807) is 14.2 Å². The minimum absolute atomic E-state index is 0.280. The first-order valence-corrected chi connectivity index (χ1v) is 7.76. The number of hydrogen-bond acceptors (Lipinski definition) is 4. The van der Waals surface area contributed by atoms with Crippen molar-refractivity contribution in [2.24, 2.45) is 5.92 Å². The summed E-state index contributed by atoms with van der Waals surface area (Å²) in [5, 5.41) is 3.62. The molecule has 0 saturated carbocycles. The number of methoxy groups -OCH3 is 2. The first kappa shape index (κ1) is 16.1. The van der Waals surface area contributed by atoms with E-state index in [4.69, 9.17) is 14.2 Å². The van der Waals surface area contributed by atoms with Crippen LogP contribution in [0.3, 0.4) is 0 Å². The molecular formula is C17H27NO3. The van der Waals surface area contributed by atoms with Crippen molar-refractivity contribution >= 4 is 0 Å². The Hall–Kier alpha value is -1.26. The van der Waals surface area contributed by atoms with Crippen molar-refractivity contribution in [3.8, 4) is 11.5 Å². The molecule has 1 aliphatic heterocycles. The molecule has 1 heterocycles. The van der Waals surface area contributed by atoms with Gasteiger partial charge in [-0.3, -0.25) is 0 Å². The zero-order chi connectivity index (χ0) is 15.2. The second-order valence-corrected chi connectivity index (χ2v) is 5.61. The van der Waals surface area contributed by atoms with Crippen molar-refractivity contribution in [2.75, 3.05) is 27.4 Å². The van der Waals surface area contributed by atoms with Gasteiger partial charge in [-0.2, -0.15) is 0 Å². The normalized spacial score (nSPS) is 23.0. The van der Waals surface area contributed by atoms with E-state index < -0.39 is 0 Å². The van der Waals surface area contributed by atoms with Crippen LogP contribution in [0.15, 0.2) is 18.2 Å². The summed E-state index contributed by atoms with van der Waals surface area (Å²) in [5.41, 5.74) is 1.21. The zero-order valence-electron chi connectivity index (χ0n) is 13.5. The van der Waals surface area contributed by atoms with Crippen molar-refractivity contribution in [1.82, 2.24) is 5.32 Å².